The normalized spacial score (nSPS) is 11.1. The van der Waals surface area contributed by atoms with Gasteiger partial charge >= 0.3 is 0 Å². The van der Waals surface area contributed by atoms with Crippen LogP contribution < -0.4 is 0 Å². The van der Waals surface area contributed by atoms with Crippen LogP contribution in [0.1, 0.15) is 11.4 Å². The standard InChI is InChI=1S/C16H12IN3O/c17-12-8-5-11(6-9-12)7-10-15-18-16(20-19-15)13-3-1-2-4-14(13)21/h1-10,21H,(H,18,19,20)/b10-7+. The quantitative estimate of drug-likeness (QED) is 0.667. The molecule has 2 N–H and O–H groups in total. The zero-order valence-corrected chi connectivity index (χ0v) is 13.2. The summed E-state index contributed by atoms with van der Waals surface area (Å²) < 4.78 is 1.20. The van der Waals surface area contributed by atoms with Gasteiger partial charge in [-0.25, -0.2) is 4.98 Å². The van der Waals surface area contributed by atoms with E-state index in [-0.39, 0.29) is 5.75 Å². The number of hydrogen-bond donors (Lipinski definition) is 2. The second-order valence-corrected chi connectivity index (χ2v) is 5.69. The lowest BCUT2D eigenvalue weighted by molar-refractivity contribution is 0.477. The number of hydrogen-bond acceptors (Lipinski definition) is 3. The molecule has 0 amide bonds. The molecule has 2 aromatic carbocycles. The van der Waals surface area contributed by atoms with E-state index < -0.39 is 0 Å². The summed E-state index contributed by atoms with van der Waals surface area (Å²) in [5.74, 6) is 1.30. The molecule has 0 atom stereocenters. The molecule has 1 heterocycles. The number of aromatic nitrogens is 3. The molecule has 21 heavy (non-hydrogen) atoms. The van der Waals surface area contributed by atoms with Crippen molar-refractivity contribution < 1.29 is 5.11 Å². The van der Waals surface area contributed by atoms with Gasteiger partial charge in [-0.05, 0) is 58.5 Å². The van der Waals surface area contributed by atoms with Gasteiger partial charge in [-0.3, -0.25) is 5.10 Å². The van der Waals surface area contributed by atoms with Crippen molar-refractivity contribution in [3.8, 4) is 17.1 Å². The Labute approximate surface area is 135 Å². The SMILES string of the molecule is Oc1ccccc1-c1n[nH]c(/C=C/c2ccc(I)cc2)n1. The second kappa shape index (κ2) is 6.09. The van der Waals surface area contributed by atoms with Crippen LogP contribution in [0.25, 0.3) is 23.5 Å². The number of aromatic amines is 1. The number of para-hydroxylation sites is 1. The van der Waals surface area contributed by atoms with Gasteiger partial charge in [0.2, 0.25) is 0 Å². The van der Waals surface area contributed by atoms with Crippen molar-refractivity contribution in [2.24, 2.45) is 0 Å². The highest BCUT2D eigenvalue weighted by Gasteiger charge is 2.08. The lowest BCUT2D eigenvalue weighted by atomic mass is 10.2. The van der Waals surface area contributed by atoms with Crippen LogP contribution in [0.4, 0.5) is 0 Å². The number of nitrogens with zero attached hydrogens (tertiary/aromatic N) is 2. The van der Waals surface area contributed by atoms with Crippen LogP contribution in [-0.2, 0) is 0 Å². The first-order valence-electron chi connectivity index (χ1n) is 6.37. The van der Waals surface area contributed by atoms with E-state index in [1.165, 1.54) is 3.57 Å². The number of phenols is 1. The van der Waals surface area contributed by atoms with Gasteiger partial charge in [0.05, 0.1) is 5.56 Å². The molecule has 0 aliphatic heterocycles. The van der Waals surface area contributed by atoms with Gasteiger partial charge in [0.25, 0.3) is 0 Å². The zero-order valence-electron chi connectivity index (χ0n) is 11.0. The molecule has 0 radical (unpaired) electrons. The zero-order chi connectivity index (χ0) is 14.7. The molecule has 0 saturated carbocycles. The van der Waals surface area contributed by atoms with Crippen molar-refractivity contribution in [2.75, 3.05) is 0 Å². The van der Waals surface area contributed by atoms with E-state index in [4.69, 9.17) is 0 Å². The van der Waals surface area contributed by atoms with Crippen molar-refractivity contribution in [1.29, 1.82) is 0 Å². The molecule has 4 nitrogen and oxygen atoms in total. The molecular weight excluding hydrogens is 377 g/mol. The summed E-state index contributed by atoms with van der Waals surface area (Å²) in [6.45, 7) is 0. The van der Waals surface area contributed by atoms with Gasteiger partial charge in [-0.2, -0.15) is 5.10 Å². The number of halogens is 1. The number of benzene rings is 2. The van der Waals surface area contributed by atoms with Crippen molar-refractivity contribution in [3.63, 3.8) is 0 Å². The van der Waals surface area contributed by atoms with E-state index in [0.29, 0.717) is 17.2 Å². The van der Waals surface area contributed by atoms with Crippen molar-refractivity contribution in [2.45, 2.75) is 0 Å². The third kappa shape index (κ3) is 3.30. The van der Waals surface area contributed by atoms with Crippen LogP contribution in [-0.4, -0.2) is 20.3 Å². The Morgan fingerprint density at radius 3 is 2.52 bits per heavy atom. The Hall–Kier alpha value is -2.15. The van der Waals surface area contributed by atoms with Crippen molar-refractivity contribution in [3.05, 3.63) is 63.5 Å². The number of nitrogens with one attached hydrogen (secondary N) is 1. The molecule has 0 unspecified atom stereocenters. The fraction of sp³-hybridized carbons (Fsp3) is 0. The minimum atomic E-state index is 0.171. The molecule has 0 aliphatic carbocycles. The van der Waals surface area contributed by atoms with Gasteiger partial charge in [-0.15, -0.1) is 0 Å². The predicted molar refractivity (Wildman–Crippen MR) is 91.6 cm³/mol. The summed E-state index contributed by atoms with van der Waals surface area (Å²) in [5, 5.41) is 16.8. The smallest absolute Gasteiger partial charge is 0.185 e. The third-order valence-electron chi connectivity index (χ3n) is 2.95. The molecule has 0 aliphatic rings. The largest absolute Gasteiger partial charge is 0.507 e. The van der Waals surface area contributed by atoms with E-state index in [1.807, 2.05) is 42.5 Å². The Bertz CT molecular complexity index is 778. The third-order valence-corrected chi connectivity index (χ3v) is 3.67. The molecule has 104 valence electrons. The lowest BCUT2D eigenvalue weighted by Crippen LogP contribution is -1.81. The molecule has 1 aromatic heterocycles. The molecule has 3 aromatic rings. The van der Waals surface area contributed by atoms with Crippen LogP contribution >= 0.6 is 22.6 Å². The first-order chi connectivity index (χ1) is 10.2. The average molecular weight is 389 g/mol. The summed E-state index contributed by atoms with van der Waals surface area (Å²) in [6, 6.07) is 15.2. The van der Waals surface area contributed by atoms with Crippen LogP contribution in [0.2, 0.25) is 0 Å². The molecule has 3 rings (SSSR count). The van der Waals surface area contributed by atoms with E-state index in [1.54, 1.807) is 18.2 Å². The fourth-order valence-corrected chi connectivity index (χ4v) is 2.24. The van der Waals surface area contributed by atoms with Crippen molar-refractivity contribution in [1.82, 2.24) is 15.2 Å². The summed E-state index contributed by atoms with van der Waals surface area (Å²) in [5.41, 5.74) is 1.71. The van der Waals surface area contributed by atoms with Crippen LogP contribution in [0.15, 0.2) is 48.5 Å². The van der Waals surface area contributed by atoms with Gasteiger partial charge in [0.1, 0.15) is 11.6 Å². The molecule has 0 spiro atoms. The van der Waals surface area contributed by atoms with E-state index in [0.717, 1.165) is 5.56 Å². The summed E-state index contributed by atoms with van der Waals surface area (Å²) in [7, 11) is 0. The Kier molecular flexibility index (Phi) is 4.01. The van der Waals surface area contributed by atoms with Crippen molar-refractivity contribution >= 4 is 34.7 Å². The number of aromatic hydroxyl groups is 1. The van der Waals surface area contributed by atoms with Gasteiger partial charge in [0.15, 0.2) is 5.82 Å². The highest BCUT2D eigenvalue weighted by molar-refractivity contribution is 14.1. The Balaban J connectivity index is 1.82. The lowest BCUT2D eigenvalue weighted by Gasteiger charge is -1.97. The van der Waals surface area contributed by atoms with E-state index >= 15 is 0 Å². The molecule has 0 bridgehead atoms. The fourth-order valence-electron chi connectivity index (χ4n) is 1.88. The number of H-pyrrole nitrogens is 1. The van der Waals surface area contributed by atoms with Crippen LogP contribution in [0, 0.1) is 3.57 Å². The highest BCUT2D eigenvalue weighted by Crippen LogP contribution is 2.25. The van der Waals surface area contributed by atoms with E-state index in [9.17, 15) is 5.11 Å². The van der Waals surface area contributed by atoms with Crippen LogP contribution in [0.3, 0.4) is 0 Å². The second-order valence-electron chi connectivity index (χ2n) is 4.45. The Morgan fingerprint density at radius 1 is 1.00 bits per heavy atom. The molecule has 0 fully saturated rings. The monoisotopic (exact) mass is 389 g/mol. The highest BCUT2D eigenvalue weighted by atomic mass is 127. The number of rotatable bonds is 3. The first kappa shape index (κ1) is 13.8. The minimum Gasteiger partial charge on any atom is -0.507 e. The van der Waals surface area contributed by atoms with Gasteiger partial charge in [0, 0.05) is 3.57 Å². The maximum Gasteiger partial charge on any atom is 0.185 e. The average Bonchev–Trinajstić information content (AvgIpc) is 2.96. The maximum absolute atomic E-state index is 9.79. The van der Waals surface area contributed by atoms with E-state index in [2.05, 4.69) is 37.8 Å². The molecule has 0 saturated heterocycles. The summed E-state index contributed by atoms with van der Waals surface area (Å²) >= 11 is 2.27. The maximum atomic E-state index is 9.79. The molecule has 5 heteroatoms. The van der Waals surface area contributed by atoms with Crippen LogP contribution in [0.5, 0.6) is 5.75 Å². The number of phenolic OH excluding ortho intramolecular Hbond substituents is 1. The molecular formula is C16H12IN3O. The Morgan fingerprint density at radius 2 is 1.76 bits per heavy atom. The summed E-state index contributed by atoms with van der Waals surface area (Å²) in [4.78, 5) is 4.36. The topological polar surface area (TPSA) is 61.8 Å². The first-order valence-corrected chi connectivity index (χ1v) is 7.45. The summed E-state index contributed by atoms with van der Waals surface area (Å²) in [6.07, 6.45) is 3.82. The van der Waals surface area contributed by atoms with Gasteiger partial charge < -0.3 is 5.11 Å². The minimum absolute atomic E-state index is 0.171. The predicted octanol–water partition coefficient (Wildman–Crippen LogP) is 3.95. The van der Waals surface area contributed by atoms with Gasteiger partial charge in [-0.1, -0.05) is 30.3 Å².